The fraction of sp³-hybridized carbons (Fsp3) is 0.722. The largest absolute Gasteiger partial charge is 0.480 e. The van der Waals surface area contributed by atoms with E-state index in [-0.39, 0.29) is 23.7 Å². The van der Waals surface area contributed by atoms with Crippen LogP contribution in [-0.4, -0.2) is 57.3 Å². The second kappa shape index (κ2) is 7.13. The molecule has 0 radical (unpaired) electrons. The van der Waals surface area contributed by atoms with Crippen LogP contribution >= 0.6 is 11.8 Å². The number of hydrogen-bond donors (Lipinski definition) is 2. The minimum absolute atomic E-state index is 0.149. The molecular weight excluding hydrogens is 356 g/mol. The second-order valence-electron chi connectivity index (χ2n) is 8.18. The molecule has 2 fully saturated rings. The van der Waals surface area contributed by atoms with E-state index in [4.69, 9.17) is 4.74 Å². The summed E-state index contributed by atoms with van der Waals surface area (Å²) in [5, 5.41) is 11.8. The molecule has 3 aliphatic rings. The Labute approximate surface area is 157 Å². The Morgan fingerprint density at radius 2 is 2.00 bits per heavy atom. The lowest BCUT2D eigenvalue weighted by molar-refractivity contribution is -0.149. The number of carbonyl (C=O) groups is 3. The summed E-state index contributed by atoms with van der Waals surface area (Å²) >= 11 is 1.54. The number of ether oxygens (including phenoxy) is 1. The van der Waals surface area contributed by atoms with Crippen LogP contribution < -0.4 is 5.32 Å². The monoisotopic (exact) mass is 382 g/mol. The van der Waals surface area contributed by atoms with Crippen LogP contribution in [0.5, 0.6) is 0 Å². The van der Waals surface area contributed by atoms with Crippen molar-refractivity contribution in [3.8, 4) is 0 Å². The van der Waals surface area contributed by atoms with E-state index in [1.54, 1.807) is 32.5 Å². The van der Waals surface area contributed by atoms with Crippen molar-refractivity contribution in [2.75, 3.05) is 12.3 Å². The maximum atomic E-state index is 12.8. The minimum atomic E-state index is -0.996. The number of allylic oxidation sites excluding steroid dienone is 2. The molecule has 1 saturated carbocycles. The van der Waals surface area contributed by atoms with Gasteiger partial charge in [-0.05, 0) is 51.4 Å². The van der Waals surface area contributed by atoms with E-state index in [2.05, 4.69) is 17.5 Å². The number of nitrogens with zero attached hydrogens (tertiary/aromatic N) is 1. The topological polar surface area (TPSA) is 95.9 Å². The Morgan fingerprint density at radius 1 is 1.27 bits per heavy atom. The van der Waals surface area contributed by atoms with Crippen molar-refractivity contribution >= 4 is 29.7 Å². The summed E-state index contributed by atoms with van der Waals surface area (Å²) < 4.78 is 5.14. The second-order valence-corrected chi connectivity index (χ2v) is 9.33. The Morgan fingerprint density at radius 3 is 2.54 bits per heavy atom. The average Bonchev–Trinajstić information content (AvgIpc) is 3.24. The van der Waals surface area contributed by atoms with Gasteiger partial charge in [-0.2, -0.15) is 0 Å². The lowest BCUT2D eigenvalue weighted by Gasteiger charge is -2.34. The van der Waals surface area contributed by atoms with E-state index in [1.807, 2.05) is 0 Å². The molecule has 144 valence electrons. The lowest BCUT2D eigenvalue weighted by atomic mass is 9.92. The Bertz CT molecular complexity index is 630. The van der Waals surface area contributed by atoms with Crippen molar-refractivity contribution in [1.82, 2.24) is 10.2 Å². The summed E-state index contributed by atoms with van der Waals surface area (Å²) in [6.07, 6.45) is 5.84. The summed E-state index contributed by atoms with van der Waals surface area (Å²) in [6.45, 7) is 4.96. The number of aliphatic carboxylic acids is 1. The molecule has 5 atom stereocenters. The van der Waals surface area contributed by atoms with E-state index in [0.717, 1.165) is 12.8 Å². The van der Waals surface area contributed by atoms with Gasteiger partial charge in [0.25, 0.3) is 0 Å². The number of carbonyl (C=O) groups excluding carboxylic acids is 2. The number of nitrogens with one attached hydrogen (secondary N) is 1. The molecule has 0 aromatic heterocycles. The fourth-order valence-corrected chi connectivity index (χ4v) is 5.74. The standard InChI is InChI=1S/C18H26N2O5S/c1-18(2,3)25-17(24)19-8-14(21)20-13(16(22)23)9-26-15(20)12-7-10-4-5-11(12)6-10/h4-5,10-13,15H,6-9H2,1-3H3,(H,19,24)(H,22,23)/t10?,11?,12?,13-,15?/m0/s1. The van der Waals surface area contributed by atoms with Gasteiger partial charge in [0.05, 0.1) is 5.37 Å². The average molecular weight is 382 g/mol. The summed E-state index contributed by atoms with van der Waals surface area (Å²) in [4.78, 5) is 37.7. The van der Waals surface area contributed by atoms with Crippen LogP contribution in [0.2, 0.25) is 0 Å². The highest BCUT2D eigenvalue weighted by Gasteiger charge is 2.50. The molecule has 7 nitrogen and oxygen atoms in total. The number of carboxylic acid groups (broad SMARTS) is 1. The lowest BCUT2D eigenvalue weighted by Crippen LogP contribution is -2.51. The maximum absolute atomic E-state index is 12.8. The Balaban J connectivity index is 1.66. The number of alkyl carbamates (subject to hydrolysis) is 1. The van der Waals surface area contributed by atoms with Crippen molar-refractivity contribution in [3.05, 3.63) is 12.2 Å². The highest BCUT2D eigenvalue weighted by atomic mass is 32.2. The number of thioether (sulfide) groups is 1. The van der Waals surface area contributed by atoms with Crippen LogP contribution in [0.4, 0.5) is 4.79 Å². The number of rotatable bonds is 4. The highest BCUT2D eigenvalue weighted by Crippen LogP contribution is 2.50. The molecule has 1 saturated heterocycles. The molecule has 2 aliphatic carbocycles. The highest BCUT2D eigenvalue weighted by molar-refractivity contribution is 8.00. The van der Waals surface area contributed by atoms with Gasteiger partial charge in [0.15, 0.2) is 0 Å². The first-order valence-electron chi connectivity index (χ1n) is 8.96. The molecule has 26 heavy (non-hydrogen) atoms. The number of fused-ring (bicyclic) bond motifs is 2. The molecule has 2 N–H and O–H groups in total. The number of amides is 2. The van der Waals surface area contributed by atoms with E-state index < -0.39 is 23.7 Å². The van der Waals surface area contributed by atoms with Crippen molar-refractivity contribution in [3.63, 3.8) is 0 Å². The molecule has 1 aliphatic heterocycles. The van der Waals surface area contributed by atoms with Crippen LogP contribution in [0.25, 0.3) is 0 Å². The Kier molecular flexibility index (Phi) is 5.23. The van der Waals surface area contributed by atoms with E-state index in [9.17, 15) is 19.5 Å². The van der Waals surface area contributed by atoms with Crippen molar-refractivity contribution in [1.29, 1.82) is 0 Å². The molecule has 1 heterocycles. The first kappa shape index (κ1) is 19.1. The molecule has 3 rings (SSSR count). The Hall–Kier alpha value is -1.70. The van der Waals surface area contributed by atoms with Crippen LogP contribution in [0.3, 0.4) is 0 Å². The molecule has 8 heteroatoms. The number of hydrogen-bond acceptors (Lipinski definition) is 5. The van der Waals surface area contributed by atoms with Gasteiger partial charge in [-0.1, -0.05) is 12.2 Å². The minimum Gasteiger partial charge on any atom is -0.480 e. The molecular formula is C18H26N2O5S. The molecule has 0 aromatic rings. The third-order valence-corrected chi connectivity index (χ3v) is 6.51. The van der Waals surface area contributed by atoms with E-state index in [1.165, 1.54) is 4.90 Å². The summed E-state index contributed by atoms with van der Waals surface area (Å²) in [5.74, 6) is 0.264. The van der Waals surface area contributed by atoms with E-state index in [0.29, 0.717) is 17.6 Å². The van der Waals surface area contributed by atoms with Crippen LogP contribution in [0, 0.1) is 17.8 Å². The van der Waals surface area contributed by atoms with Gasteiger partial charge < -0.3 is 20.1 Å². The molecule has 0 spiro atoms. The van der Waals surface area contributed by atoms with Gasteiger partial charge in [-0.25, -0.2) is 9.59 Å². The first-order chi connectivity index (χ1) is 12.2. The predicted octanol–water partition coefficient (Wildman–Crippen LogP) is 2.08. The van der Waals surface area contributed by atoms with Crippen molar-refractivity contribution in [2.24, 2.45) is 17.8 Å². The van der Waals surface area contributed by atoms with Gasteiger partial charge in [0.2, 0.25) is 5.91 Å². The quantitative estimate of drug-likeness (QED) is 0.723. The molecule has 4 unspecified atom stereocenters. The summed E-state index contributed by atoms with van der Waals surface area (Å²) in [6, 6.07) is -0.846. The molecule has 2 amide bonds. The van der Waals surface area contributed by atoms with Gasteiger partial charge in [-0.15, -0.1) is 11.8 Å². The zero-order valence-electron chi connectivity index (χ0n) is 15.3. The fourth-order valence-electron chi connectivity index (χ4n) is 4.07. The number of carboxylic acids is 1. The van der Waals surface area contributed by atoms with Gasteiger partial charge in [0.1, 0.15) is 18.2 Å². The third kappa shape index (κ3) is 4.00. The van der Waals surface area contributed by atoms with Crippen LogP contribution in [-0.2, 0) is 14.3 Å². The van der Waals surface area contributed by atoms with Gasteiger partial charge in [-0.3, -0.25) is 4.79 Å². The SMILES string of the molecule is CC(C)(C)OC(=O)NCC(=O)N1C(C2CC3C=CC2C3)SC[C@H]1C(=O)O. The summed E-state index contributed by atoms with van der Waals surface area (Å²) in [5.41, 5.74) is -0.655. The molecule has 2 bridgehead atoms. The normalized spacial score (nSPS) is 32.7. The third-order valence-electron chi connectivity index (χ3n) is 5.09. The maximum Gasteiger partial charge on any atom is 0.408 e. The zero-order chi connectivity index (χ0) is 19.1. The zero-order valence-corrected chi connectivity index (χ0v) is 16.1. The first-order valence-corrected chi connectivity index (χ1v) is 10.0. The van der Waals surface area contributed by atoms with Crippen LogP contribution in [0.1, 0.15) is 33.6 Å². The van der Waals surface area contributed by atoms with E-state index >= 15 is 0 Å². The van der Waals surface area contributed by atoms with Crippen LogP contribution in [0.15, 0.2) is 12.2 Å². The van der Waals surface area contributed by atoms with Crippen molar-refractivity contribution in [2.45, 2.75) is 50.6 Å². The van der Waals surface area contributed by atoms with Gasteiger partial charge >= 0.3 is 12.1 Å². The van der Waals surface area contributed by atoms with Gasteiger partial charge in [0, 0.05) is 5.75 Å². The predicted molar refractivity (Wildman–Crippen MR) is 97.6 cm³/mol. The molecule has 0 aromatic carbocycles. The summed E-state index contributed by atoms with van der Waals surface area (Å²) in [7, 11) is 0. The van der Waals surface area contributed by atoms with Crippen molar-refractivity contribution < 1.29 is 24.2 Å². The smallest absolute Gasteiger partial charge is 0.408 e.